The van der Waals surface area contributed by atoms with Crippen molar-refractivity contribution in [1.82, 2.24) is 4.90 Å². The van der Waals surface area contributed by atoms with Crippen molar-refractivity contribution >= 4 is 16.9 Å². The van der Waals surface area contributed by atoms with E-state index in [1.54, 1.807) is 49.5 Å². The van der Waals surface area contributed by atoms with Crippen molar-refractivity contribution in [2.75, 3.05) is 13.7 Å². The summed E-state index contributed by atoms with van der Waals surface area (Å²) >= 11 is 0. The zero-order valence-corrected chi connectivity index (χ0v) is 13.6. The van der Waals surface area contributed by atoms with Gasteiger partial charge in [-0.25, -0.2) is 9.18 Å². The SMILES string of the molecule is CN(Cc1ccccc1F)C(=O)COc1ccc2ccc(=O)oc2c1. The molecule has 1 aromatic heterocycles. The lowest BCUT2D eigenvalue weighted by molar-refractivity contribution is -0.132. The monoisotopic (exact) mass is 341 g/mol. The van der Waals surface area contributed by atoms with Gasteiger partial charge in [0, 0.05) is 36.7 Å². The van der Waals surface area contributed by atoms with Crippen LogP contribution >= 0.6 is 0 Å². The number of nitrogens with zero attached hydrogens (tertiary/aromatic N) is 1. The Kier molecular flexibility index (Phi) is 4.79. The van der Waals surface area contributed by atoms with Crippen molar-refractivity contribution in [3.63, 3.8) is 0 Å². The summed E-state index contributed by atoms with van der Waals surface area (Å²) in [5.41, 5.74) is 0.369. The number of rotatable bonds is 5. The first-order chi connectivity index (χ1) is 12.0. The van der Waals surface area contributed by atoms with E-state index in [1.807, 2.05) is 0 Å². The maximum absolute atomic E-state index is 13.6. The van der Waals surface area contributed by atoms with Gasteiger partial charge >= 0.3 is 5.63 Å². The highest BCUT2D eigenvalue weighted by Gasteiger charge is 2.12. The van der Waals surface area contributed by atoms with Crippen LogP contribution in [0.3, 0.4) is 0 Å². The van der Waals surface area contributed by atoms with Gasteiger partial charge in [0.25, 0.3) is 5.91 Å². The summed E-state index contributed by atoms with van der Waals surface area (Å²) in [4.78, 5) is 24.8. The van der Waals surface area contributed by atoms with Crippen LogP contribution in [0.1, 0.15) is 5.56 Å². The molecule has 2 aromatic carbocycles. The van der Waals surface area contributed by atoms with Crippen LogP contribution in [-0.4, -0.2) is 24.5 Å². The number of halogens is 1. The molecule has 0 fully saturated rings. The zero-order valence-electron chi connectivity index (χ0n) is 13.6. The molecule has 1 amide bonds. The Morgan fingerprint density at radius 2 is 1.92 bits per heavy atom. The van der Waals surface area contributed by atoms with Crippen LogP contribution in [0.4, 0.5) is 4.39 Å². The van der Waals surface area contributed by atoms with Gasteiger partial charge in [0.2, 0.25) is 0 Å². The molecule has 0 aliphatic heterocycles. The minimum atomic E-state index is -0.453. The first kappa shape index (κ1) is 16.7. The lowest BCUT2D eigenvalue weighted by Crippen LogP contribution is -2.31. The van der Waals surface area contributed by atoms with E-state index in [0.29, 0.717) is 16.9 Å². The molecule has 0 radical (unpaired) electrons. The number of likely N-dealkylation sites (N-methyl/N-ethyl adjacent to an activating group) is 1. The van der Waals surface area contributed by atoms with E-state index in [9.17, 15) is 14.0 Å². The Bertz CT molecular complexity index is 967. The maximum atomic E-state index is 13.6. The van der Waals surface area contributed by atoms with Gasteiger partial charge < -0.3 is 14.1 Å². The summed E-state index contributed by atoms with van der Waals surface area (Å²) in [5, 5.41) is 0.759. The van der Waals surface area contributed by atoms with Crippen molar-refractivity contribution in [3.8, 4) is 5.75 Å². The molecule has 3 aromatic rings. The molecule has 1 heterocycles. The molecule has 0 saturated carbocycles. The summed E-state index contributed by atoms with van der Waals surface area (Å²) in [6.07, 6.45) is 0. The van der Waals surface area contributed by atoms with E-state index < -0.39 is 5.63 Å². The van der Waals surface area contributed by atoms with Crippen LogP contribution in [0.15, 0.2) is 63.8 Å². The smallest absolute Gasteiger partial charge is 0.336 e. The maximum Gasteiger partial charge on any atom is 0.336 e. The van der Waals surface area contributed by atoms with E-state index in [-0.39, 0.29) is 24.9 Å². The molecule has 0 spiro atoms. The summed E-state index contributed by atoms with van der Waals surface area (Å²) in [6, 6.07) is 14.3. The second-order valence-corrected chi connectivity index (χ2v) is 5.58. The molecule has 0 saturated heterocycles. The van der Waals surface area contributed by atoms with Crippen LogP contribution in [0.5, 0.6) is 5.75 Å². The first-order valence-electron chi connectivity index (χ1n) is 7.67. The number of ether oxygens (including phenoxy) is 1. The number of amides is 1. The third kappa shape index (κ3) is 4.03. The Balaban J connectivity index is 1.63. The van der Waals surface area contributed by atoms with Gasteiger partial charge in [0.05, 0.1) is 0 Å². The van der Waals surface area contributed by atoms with Crippen LogP contribution in [0.25, 0.3) is 11.0 Å². The van der Waals surface area contributed by atoms with Gasteiger partial charge in [0.1, 0.15) is 17.1 Å². The van der Waals surface area contributed by atoms with Gasteiger partial charge in [-0.3, -0.25) is 4.79 Å². The zero-order chi connectivity index (χ0) is 17.8. The average molecular weight is 341 g/mol. The third-order valence-electron chi connectivity index (χ3n) is 3.75. The average Bonchev–Trinajstić information content (AvgIpc) is 2.61. The number of fused-ring (bicyclic) bond motifs is 1. The molecular weight excluding hydrogens is 325 g/mol. The van der Waals surface area contributed by atoms with E-state index in [1.165, 1.54) is 17.0 Å². The van der Waals surface area contributed by atoms with E-state index >= 15 is 0 Å². The predicted molar refractivity (Wildman–Crippen MR) is 90.9 cm³/mol. The summed E-state index contributed by atoms with van der Waals surface area (Å²) in [7, 11) is 1.58. The van der Waals surface area contributed by atoms with Crippen molar-refractivity contribution in [2.24, 2.45) is 0 Å². The molecule has 0 aliphatic rings. The molecule has 0 atom stereocenters. The van der Waals surface area contributed by atoms with E-state index in [2.05, 4.69) is 0 Å². The van der Waals surface area contributed by atoms with Gasteiger partial charge in [0.15, 0.2) is 6.61 Å². The largest absolute Gasteiger partial charge is 0.484 e. The lowest BCUT2D eigenvalue weighted by atomic mass is 10.2. The van der Waals surface area contributed by atoms with Crippen molar-refractivity contribution in [3.05, 3.63) is 76.4 Å². The predicted octanol–water partition coefficient (Wildman–Crippen LogP) is 2.97. The highest BCUT2D eigenvalue weighted by Crippen LogP contribution is 2.19. The second kappa shape index (κ2) is 7.17. The number of hydrogen-bond acceptors (Lipinski definition) is 4. The van der Waals surface area contributed by atoms with Gasteiger partial charge in [-0.2, -0.15) is 0 Å². The van der Waals surface area contributed by atoms with Gasteiger partial charge in [-0.1, -0.05) is 18.2 Å². The van der Waals surface area contributed by atoms with Crippen molar-refractivity contribution in [2.45, 2.75) is 6.54 Å². The molecule has 0 unspecified atom stereocenters. The number of benzene rings is 2. The second-order valence-electron chi connectivity index (χ2n) is 5.58. The fourth-order valence-electron chi connectivity index (χ4n) is 2.36. The Morgan fingerprint density at radius 1 is 1.16 bits per heavy atom. The Hall–Kier alpha value is -3.15. The highest BCUT2D eigenvalue weighted by atomic mass is 19.1. The Labute approximate surface area is 143 Å². The van der Waals surface area contributed by atoms with Crippen LogP contribution in [0, 0.1) is 5.82 Å². The molecule has 3 rings (SSSR count). The molecule has 0 N–H and O–H groups in total. The van der Waals surface area contributed by atoms with Crippen molar-refractivity contribution in [1.29, 1.82) is 0 Å². The fourth-order valence-corrected chi connectivity index (χ4v) is 2.36. The van der Waals surface area contributed by atoms with Crippen LogP contribution in [-0.2, 0) is 11.3 Å². The fraction of sp³-hybridized carbons (Fsp3) is 0.158. The summed E-state index contributed by atoms with van der Waals surface area (Å²) in [5.74, 6) is -0.236. The van der Waals surface area contributed by atoms with E-state index in [4.69, 9.17) is 9.15 Å². The standard InChI is InChI=1S/C19H16FNO4/c1-21(11-14-4-2-3-5-16(14)20)18(22)12-24-15-8-6-13-7-9-19(23)25-17(13)10-15/h2-10H,11-12H2,1H3. The molecule has 0 aliphatic carbocycles. The van der Waals surface area contributed by atoms with Crippen LogP contribution in [0.2, 0.25) is 0 Å². The topological polar surface area (TPSA) is 59.8 Å². The minimum Gasteiger partial charge on any atom is -0.484 e. The van der Waals surface area contributed by atoms with E-state index in [0.717, 1.165) is 5.39 Å². The molecule has 128 valence electrons. The third-order valence-corrected chi connectivity index (χ3v) is 3.75. The van der Waals surface area contributed by atoms with Crippen molar-refractivity contribution < 1.29 is 18.3 Å². The van der Waals surface area contributed by atoms with Gasteiger partial charge in [-0.15, -0.1) is 0 Å². The number of hydrogen-bond donors (Lipinski definition) is 0. The number of carbonyl (C=O) groups is 1. The summed E-state index contributed by atoms with van der Waals surface area (Å²) in [6.45, 7) is -0.0466. The number of carbonyl (C=O) groups excluding carboxylic acids is 1. The van der Waals surface area contributed by atoms with Gasteiger partial charge in [-0.05, 0) is 24.3 Å². The molecule has 6 heteroatoms. The normalized spacial score (nSPS) is 10.6. The Morgan fingerprint density at radius 3 is 2.72 bits per heavy atom. The lowest BCUT2D eigenvalue weighted by Gasteiger charge is -2.18. The quantitative estimate of drug-likeness (QED) is 0.670. The molecule has 5 nitrogen and oxygen atoms in total. The summed E-state index contributed by atoms with van der Waals surface area (Å²) < 4.78 is 24.2. The van der Waals surface area contributed by atoms with Crippen LogP contribution < -0.4 is 10.4 Å². The highest BCUT2D eigenvalue weighted by molar-refractivity contribution is 5.79. The molecule has 25 heavy (non-hydrogen) atoms. The molecular formula is C19H16FNO4. The first-order valence-corrected chi connectivity index (χ1v) is 7.67. The minimum absolute atomic E-state index is 0.154. The molecule has 0 bridgehead atoms.